The highest BCUT2D eigenvalue weighted by Gasteiger charge is 2.54. The molecular weight excluding hydrogens is 308 g/mol. The minimum absolute atomic E-state index is 0.486. The topological polar surface area (TPSA) is 38.1 Å². The lowest BCUT2D eigenvalue weighted by Gasteiger charge is -2.60. The molecule has 0 unspecified atom stereocenters. The van der Waals surface area contributed by atoms with Crippen LogP contribution in [0.1, 0.15) is 44.7 Å². The summed E-state index contributed by atoms with van der Waals surface area (Å²) in [6.07, 6.45) is 7.44. The predicted molar refractivity (Wildman–Crippen MR) is 98.8 cm³/mol. The first-order valence-corrected chi connectivity index (χ1v) is 9.92. The van der Waals surface area contributed by atoms with Gasteiger partial charge in [-0.1, -0.05) is 42.4 Å². The van der Waals surface area contributed by atoms with Crippen LogP contribution < -0.4 is 5.32 Å². The Balaban J connectivity index is 1.22. The van der Waals surface area contributed by atoms with Gasteiger partial charge in [0.1, 0.15) is 0 Å². The zero-order valence-corrected chi connectivity index (χ0v) is 15.1. The Morgan fingerprint density at radius 3 is 2.40 bits per heavy atom. The third-order valence-electron chi connectivity index (χ3n) is 7.43. The van der Waals surface area contributed by atoms with Gasteiger partial charge < -0.3 is 9.84 Å². The molecule has 132 valence electrons. The summed E-state index contributed by atoms with van der Waals surface area (Å²) in [5.74, 6) is 4.82. The van der Waals surface area contributed by atoms with Gasteiger partial charge in [0.05, 0.1) is 5.69 Å². The molecule has 3 nitrogen and oxygen atoms in total. The summed E-state index contributed by atoms with van der Waals surface area (Å²) in [5.41, 5.74) is 2.58. The van der Waals surface area contributed by atoms with Gasteiger partial charge in [-0.25, -0.2) is 0 Å². The summed E-state index contributed by atoms with van der Waals surface area (Å²) in [6.45, 7) is 4.47. The van der Waals surface area contributed by atoms with Gasteiger partial charge in [-0.2, -0.15) is 0 Å². The lowest BCUT2D eigenvalue weighted by Crippen LogP contribution is -2.55. The highest BCUT2D eigenvalue weighted by atomic mass is 16.5. The van der Waals surface area contributed by atoms with Crippen molar-refractivity contribution in [1.82, 2.24) is 10.5 Å². The van der Waals surface area contributed by atoms with Crippen molar-refractivity contribution in [3.8, 4) is 11.3 Å². The van der Waals surface area contributed by atoms with Crippen molar-refractivity contribution >= 4 is 0 Å². The average Bonchev–Trinajstić information content (AvgIpc) is 3.09. The Hall–Kier alpha value is -1.61. The number of hydrogen-bond acceptors (Lipinski definition) is 3. The highest BCUT2D eigenvalue weighted by molar-refractivity contribution is 5.56. The fourth-order valence-electron chi connectivity index (χ4n) is 6.14. The summed E-state index contributed by atoms with van der Waals surface area (Å²) in [4.78, 5) is 0. The smallest absolute Gasteiger partial charge is 0.167 e. The molecule has 4 fully saturated rings. The first-order chi connectivity index (χ1) is 12.2. The second kappa shape index (κ2) is 5.98. The van der Waals surface area contributed by atoms with Crippen molar-refractivity contribution in [2.24, 2.45) is 29.1 Å². The quantitative estimate of drug-likeness (QED) is 0.844. The van der Waals surface area contributed by atoms with Crippen molar-refractivity contribution in [3.63, 3.8) is 0 Å². The third-order valence-corrected chi connectivity index (χ3v) is 7.43. The van der Waals surface area contributed by atoms with Gasteiger partial charge in [-0.3, -0.25) is 0 Å². The van der Waals surface area contributed by atoms with E-state index in [1.54, 1.807) is 0 Å². The van der Waals surface area contributed by atoms with Gasteiger partial charge >= 0.3 is 0 Å². The van der Waals surface area contributed by atoms with Crippen LogP contribution in [0.2, 0.25) is 0 Å². The van der Waals surface area contributed by atoms with Crippen LogP contribution in [0.5, 0.6) is 0 Å². The Morgan fingerprint density at radius 1 is 1.04 bits per heavy atom. The number of hydrogen-bond donors (Lipinski definition) is 1. The Kier molecular flexibility index (Phi) is 3.74. The highest BCUT2D eigenvalue weighted by Crippen LogP contribution is 2.61. The lowest BCUT2D eigenvalue weighted by atomic mass is 9.46. The summed E-state index contributed by atoms with van der Waals surface area (Å²) >= 11 is 0. The fraction of sp³-hybridized carbons (Fsp3) is 0.591. The molecule has 0 radical (unpaired) electrons. The zero-order valence-electron chi connectivity index (χ0n) is 15.1. The molecule has 4 saturated carbocycles. The average molecular weight is 336 g/mol. The number of aromatic nitrogens is 1. The van der Waals surface area contributed by atoms with Crippen LogP contribution >= 0.6 is 0 Å². The lowest BCUT2D eigenvalue weighted by molar-refractivity contribution is -0.0968. The molecule has 25 heavy (non-hydrogen) atoms. The molecule has 0 saturated heterocycles. The number of rotatable bonds is 5. The molecule has 6 rings (SSSR count). The van der Waals surface area contributed by atoms with E-state index in [1.807, 2.05) is 18.2 Å². The van der Waals surface area contributed by atoms with Gasteiger partial charge in [0.25, 0.3) is 0 Å². The Labute approximate surface area is 150 Å². The van der Waals surface area contributed by atoms with Gasteiger partial charge in [0.2, 0.25) is 0 Å². The number of nitrogens with zero attached hydrogens (tertiary/aromatic N) is 1. The van der Waals surface area contributed by atoms with E-state index in [0.717, 1.165) is 53.8 Å². The second-order valence-corrected chi connectivity index (χ2v) is 8.96. The molecule has 0 amide bonds. The van der Waals surface area contributed by atoms with E-state index in [-0.39, 0.29) is 0 Å². The SMILES string of the molecule is CC1(CNCc2cc(-c3ccccc3)on2)C2CC3CC(C2)CC1C3. The predicted octanol–water partition coefficient (Wildman–Crippen LogP) is 4.89. The van der Waals surface area contributed by atoms with Gasteiger partial charge in [0, 0.05) is 24.7 Å². The maximum atomic E-state index is 5.52. The van der Waals surface area contributed by atoms with Gasteiger partial charge in [-0.15, -0.1) is 0 Å². The van der Waals surface area contributed by atoms with Gasteiger partial charge in [-0.05, 0) is 61.2 Å². The maximum absolute atomic E-state index is 5.52. The second-order valence-electron chi connectivity index (χ2n) is 8.96. The molecule has 4 bridgehead atoms. The minimum Gasteiger partial charge on any atom is -0.356 e. The summed E-state index contributed by atoms with van der Waals surface area (Å²) in [6, 6.07) is 12.3. The van der Waals surface area contributed by atoms with Crippen LogP contribution in [0.15, 0.2) is 40.9 Å². The summed E-state index contributed by atoms with van der Waals surface area (Å²) in [5, 5.41) is 7.96. The monoisotopic (exact) mass is 336 g/mol. The zero-order chi connectivity index (χ0) is 16.9. The summed E-state index contributed by atoms with van der Waals surface area (Å²) < 4.78 is 5.52. The van der Waals surface area contributed by atoms with Crippen LogP contribution in [0, 0.1) is 29.1 Å². The Bertz CT molecular complexity index is 707. The van der Waals surface area contributed by atoms with E-state index in [2.05, 4.69) is 35.6 Å². The Morgan fingerprint density at radius 2 is 1.72 bits per heavy atom. The molecule has 0 aliphatic heterocycles. The largest absolute Gasteiger partial charge is 0.356 e. The van der Waals surface area contributed by atoms with E-state index in [1.165, 1.54) is 32.1 Å². The number of nitrogens with one attached hydrogen (secondary N) is 1. The molecule has 0 spiro atoms. The van der Waals surface area contributed by atoms with Crippen molar-refractivity contribution in [2.45, 2.75) is 45.6 Å². The molecule has 3 heteroatoms. The molecule has 2 aromatic rings. The van der Waals surface area contributed by atoms with Crippen LogP contribution in [-0.4, -0.2) is 11.7 Å². The summed E-state index contributed by atoms with van der Waals surface area (Å²) in [7, 11) is 0. The van der Waals surface area contributed by atoms with Crippen LogP contribution in [0.25, 0.3) is 11.3 Å². The van der Waals surface area contributed by atoms with E-state index in [0.29, 0.717) is 5.41 Å². The molecule has 1 heterocycles. The van der Waals surface area contributed by atoms with Gasteiger partial charge in [0.15, 0.2) is 5.76 Å². The molecule has 4 aliphatic carbocycles. The standard InChI is InChI=1S/C22H28N2O/c1-22(18-8-15-7-16(10-18)11-19(22)9-15)14-23-13-20-12-21(25-24-20)17-5-3-2-4-6-17/h2-6,12,15-16,18-19,23H,7-11,13-14H2,1H3. The molecule has 4 aliphatic rings. The first kappa shape index (κ1) is 15.6. The normalized spacial score (nSPS) is 36.0. The van der Waals surface area contributed by atoms with E-state index >= 15 is 0 Å². The molecule has 1 N–H and O–H groups in total. The fourth-order valence-corrected chi connectivity index (χ4v) is 6.14. The van der Waals surface area contributed by atoms with Crippen molar-refractivity contribution in [1.29, 1.82) is 0 Å². The van der Waals surface area contributed by atoms with E-state index in [4.69, 9.17) is 4.52 Å². The molecule has 0 atom stereocenters. The van der Waals surface area contributed by atoms with E-state index in [9.17, 15) is 0 Å². The van der Waals surface area contributed by atoms with Crippen LogP contribution in [0.4, 0.5) is 0 Å². The van der Waals surface area contributed by atoms with Crippen molar-refractivity contribution in [2.75, 3.05) is 6.54 Å². The molecule has 1 aromatic carbocycles. The van der Waals surface area contributed by atoms with E-state index < -0.39 is 0 Å². The number of benzene rings is 1. The van der Waals surface area contributed by atoms with Crippen molar-refractivity contribution in [3.05, 3.63) is 42.1 Å². The molecule has 1 aromatic heterocycles. The third kappa shape index (κ3) is 2.73. The van der Waals surface area contributed by atoms with Crippen molar-refractivity contribution < 1.29 is 4.52 Å². The minimum atomic E-state index is 0.486. The molecular formula is C22H28N2O. The van der Waals surface area contributed by atoms with Crippen LogP contribution in [0.3, 0.4) is 0 Å². The maximum Gasteiger partial charge on any atom is 0.167 e. The van der Waals surface area contributed by atoms with Crippen LogP contribution in [-0.2, 0) is 6.54 Å². The first-order valence-electron chi connectivity index (χ1n) is 9.92.